The van der Waals surface area contributed by atoms with Crippen molar-refractivity contribution in [2.75, 3.05) is 19.7 Å². The maximum absolute atomic E-state index is 12.2. The normalized spacial score (nSPS) is 24.5. The minimum atomic E-state index is -0.388. The number of carbonyl (C=O) groups is 1. The first-order valence-corrected chi connectivity index (χ1v) is 6.90. The van der Waals surface area contributed by atoms with Gasteiger partial charge >= 0.3 is 5.97 Å². The predicted octanol–water partition coefficient (Wildman–Crippen LogP) is 1.62. The number of rotatable bonds is 4. The summed E-state index contributed by atoms with van der Waals surface area (Å²) in [5.41, 5.74) is 1.42. The molecular weight excluding hydrogens is 236 g/mol. The number of ether oxygens (including phenoxy) is 1. The van der Waals surface area contributed by atoms with Crippen molar-refractivity contribution in [2.24, 2.45) is 5.41 Å². The molecule has 1 fully saturated rings. The molecule has 1 aromatic rings. The summed E-state index contributed by atoms with van der Waals surface area (Å²) in [5, 5.41) is 3.31. The molecule has 1 N–H and O–H groups in total. The van der Waals surface area contributed by atoms with Gasteiger partial charge in [-0.1, -0.05) is 0 Å². The van der Waals surface area contributed by atoms with Gasteiger partial charge in [0, 0.05) is 24.0 Å². The van der Waals surface area contributed by atoms with Crippen molar-refractivity contribution < 1.29 is 9.53 Å². The van der Waals surface area contributed by atoms with Gasteiger partial charge in [0.25, 0.3) is 0 Å². The van der Waals surface area contributed by atoms with E-state index in [-0.39, 0.29) is 11.4 Å². The average molecular weight is 254 g/mol. The van der Waals surface area contributed by atoms with Crippen molar-refractivity contribution in [3.63, 3.8) is 0 Å². The van der Waals surface area contributed by atoms with Crippen LogP contribution in [0.25, 0.3) is 0 Å². The number of nitrogens with zero attached hydrogens (tertiary/aromatic N) is 1. The van der Waals surface area contributed by atoms with E-state index in [1.54, 1.807) is 11.3 Å². The third-order valence-corrected chi connectivity index (χ3v) is 3.96. The lowest BCUT2D eigenvalue weighted by Gasteiger charge is -2.34. The highest BCUT2D eigenvalue weighted by Gasteiger charge is 2.41. The topological polar surface area (TPSA) is 51.2 Å². The van der Waals surface area contributed by atoms with E-state index < -0.39 is 0 Å². The zero-order chi connectivity index (χ0) is 12.1. The van der Waals surface area contributed by atoms with Crippen molar-refractivity contribution in [1.82, 2.24) is 10.3 Å². The maximum Gasteiger partial charge on any atom is 0.313 e. The van der Waals surface area contributed by atoms with Crippen LogP contribution in [-0.4, -0.2) is 30.6 Å². The molecule has 0 spiro atoms. The fraction of sp³-hybridized carbons (Fsp3) is 0.667. The van der Waals surface area contributed by atoms with E-state index in [2.05, 4.69) is 10.3 Å². The van der Waals surface area contributed by atoms with Crippen LogP contribution in [0.1, 0.15) is 24.6 Å². The number of esters is 1. The predicted molar refractivity (Wildman–Crippen MR) is 67.0 cm³/mol. The molecule has 0 aromatic carbocycles. The smallest absolute Gasteiger partial charge is 0.313 e. The second-order valence-corrected chi connectivity index (χ2v) is 5.40. The monoisotopic (exact) mass is 254 g/mol. The van der Waals surface area contributed by atoms with Gasteiger partial charge in [-0.25, -0.2) is 0 Å². The third-order valence-electron chi connectivity index (χ3n) is 3.18. The number of thiazole rings is 1. The van der Waals surface area contributed by atoms with E-state index in [0.717, 1.165) is 30.7 Å². The molecule has 1 saturated heterocycles. The summed E-state index contributed by atoms with van der Waals surface area (Å²) in [6.45, 7) is 4.01. The van der Waals surface area contributed by atoms with E-state index in [0.29, 0.717) is 13.2 Å². The molecule has 5 heteroatoms. The molecule has 1 aromatic heterocycles. The lowest BCUT2D eigenvalue weighted by Crippen LogP contribution is -2.47. The summed E-state index contributed by atoms with van der Waals surface area (Å²) >= 11 is 1.60. The largest absolute Gasteiger partial charge is 0.466 e. The Labute approximate surface area is 105 Å². The van der Waals surface area contributed by atoms with Crippen LogP contribution < -0.4 is 5.32 Å². The van der Waals surface area contributed by atoms with Crippen LogP contribution in [-0.2, 0) is 16.0 Å². The summed E-state index contributed by atoms with van der Waals surface area (Å²) in [5.74, 6) is -0.0689. The summed E-state index contributed by atoms with van der Waals surface area (Å²) in [6, 6.07) is 0. The van der Waals surface area contributed by atoms with Gasteiger partial charge in [-0.15, -0.1) is 11.3 Å². The molecule has 0 aliphatic carbocycles. The van der Waals surface area contributed by atoms with Crippen LogP contribution >= 0.6 is 11.3 Å². The van der Waals surface area contributed by atoms with Gasteiger partial charge in [0.05, 0.1) is 17.5 Å². The van der Waals surface area contributed by atoms with Gasteiger partial charge in [-0.05, 0) is 26.3 Å². The Bertz CT molecular complexity index is 359. The van der Waals surface area contributed by atoms with Crippen molar-refractivity contribution in [1.29, 1.82) is 0 Å². The van der Waals surface area contributed by atoms with Gasteiger partial charge in [0.15, 0.2) is 0 Å². The summed E-state index contributed by atoms with van der Waals surface area (Å²) < 4.78 is 5.24. The molecule has 94 valence electrons. The highest BCUT2D eigenvalue weighted by Crippen LogP contribution is 2.33. The van der Waals surface area contributed by atoms with Crippen molar-refractivity contribution in [3.8, 4) is 0 Å². The minimum absolute atomic E-state index is 0.0689. The van der Waals surface area contributed by atoms with Crippen LogP contribution in [0.2, 0.25) is 0 Å². The Hall–Kier alpha value is -0.940. The van der Waals surface area contributed by atoms with Crippen molar-refractivity contribution >= 4 is 17.3 Å². The Kier molecular flexibility index (Phi) is 4.12. The van der Waals surface area contributed by atoms with Gasteiger partial charge in [-0.3, -0.25) is 9.78 Å². The quantitative estimate of drug-likeness (QED) is 0.830. The van der Waals surface area contributed by atoms with E-state index in [1.165, 1.54) is 0 Å². The molecule has 2 heterocycles. The van der Waals surface area contributed by atoms with Crippen LogP contribution in [0.3, 0.4) is 0 Å². The van der Waals surface area contributed by atoms with E-state index in [4.69, 9.17) is 4.74 Å². The zero-order valence-electron chi connectivity index (χ0n) is 10.1. The lowest BCUT2D eigenvalue weighted by atomic mass is 9.77. The van der Waals surface area contributed by atoms with E-state index >= 15 is 0 Å². The SMILES string of the molecule is CCOC(=O)[C@@]1(Cc2cncs2)CCCNC1. The molecule has 17 heavy (non-hydrogen) atoms. The molecule has 0 unspecified atom stereocenters. The molecule has 0 radical (unpaired) electrons. The van der Waals surface area contributed by atoms with Crippen LogP contribution in [0.4, 0.5) is 0 Å². The maximum atomic E-state index is 12.2. The summed E-state index contributed by atoms with van der Waals surface area (Å²) in [7, 11) is 0. The number of hydrogen-bond acceptors (Lipinski definition) is 5. The minimum Gasteiger partial charge on any atom is -0.466 e. The first kappa shape index (κ1) is 12.5. The van der Waals surface area contributed by atoms with E-state index in [9.17, 15) is 4.79 Å². The Morgan fingerprint density at radius 1 is 1.71 bits per heavy atom. The highest BCUT2D eigenvalue weighted by molar-refractivity contribution is 7.09. The van der Waals surface area contributed by atoms with Gasteiger partial charge < -0.3 is 10.1 Å². The number of nitrogens with one attached hydrogen (secondary N) is 1. The molecule has 2 rings (SSSR count). The van der Waals surface area contributed by atoms with Gasteiger partial charge in [0.1, 0.15) is 0 Å². The molecule has 4 nitrogen and oxygen atoms in total. The lowest BCUT2D eigenvalue weighted by molar-refractivity contribution is -0.156. The third kappa shape index (κ3) is 2.84. The van der Waals surface area contributed by atoms with Crippen LogP contribution in [0.5, 0.6) is 0 Å². The first-order valence-electron chi connectivity index (χ1n) is 6.02. The molecular formula is C12H18N2O2S. The van der Waals surface area contributed by atoms with Crippen LogP contribution in [0.15, 0.2) is 11.7 Å². The van der Waals surface area contributed by atoms with Crippen molar-refractivity contribution in [3.05, 3.63) is 16.6 Å². The molecule has 0 bridgehead atoms. The summed E-state index contributed by atoms with van der Waals surface area (Å²) in [6.07, 6.45) is 4.51. The average Bonchev–Trinajstić information content (AvgIpc) is 2.83. The second kappa shape index (κ2) is 5.60. The molecule has 1 atom stereocenters. The standard InChI is InChI=1S/C12H18N2O2S/c1-2-16-11(15)12(4-3-5-13-8-12)6-10-7-14-9-17-10/h7,9,13H,2-6,8H2,1H3/t12-/m1/s1. The molecule has 1 aliphatic heterocycles. The molecule has 0 saturated carbocycles. The second-order valence-electron chi connectivity index (χ2n) is 4.43. The number of carbonyl (C=O) groups excluding carboxylic acids is 1. The Balaban J connectivity index is 2.14. The summed E-state index contributed by atoms with van der Waals surface area (Å²) in [4.78, 5) is 17.4. The molecule has 0 amide bonds. The van der Waals surface area contributed by atoms with Gasteiger partial charge in [0.2, 0.25) is 0 Å². The number of aromatic nitrogens is 1. The highest BCUT2D eigenvalue weighted by atomic mass is 32.1. The Morgan fingerprint density at radius 2 is 2.59 bits per heavy atom. The zero-order valence-corrected chi connectivity index (χ0v) is 10.9. The molecule has 1 aliphatic rings. The number of hydrogen-bond donors (Lipinski definition) is 1. The van der Waals surface area contributed by atoms with E-state index in [1.807, 2.05) is 18.6 Å². The number of piperidine rings is 1. The van der Waals surface area contributed by atoms with Crippen LogP contribution in [0, 0.1) is 5.41 Å². The fourth-order valence-corrected chi connectivity index (χ4v) is 3.05. The van der Waals surface area contributed by atoms with Gasteiger partial charge in [-0.2, -0.15) is 0 Å². The van der Waals surface area contributed by atoms with Crippen molar-refractivity contribution in [2.45, 2.75) is 26.2 Å². The first-order chi connectivity index (χ1) is 8.27. The fourth-order valence-electron chi connectivity index (χ4n) is 2.31. The Morgan fingerprint density at radius 3 is 3.18 bits per heavy atom.